The van der Waals surface area contributed by atoms with Crippen LogP contribution in [0, 0.1) is 12.3 Å². The fourth-order valence-electron chi connectivity index (χ4n) is 2.83. The Hall–Kier alpha value is -1.39. The number of anilines is 1. The topological polar surface area (TPSA) is 41.9 Å². The molecule has 1 aliphatic rings. The zero-order valence-corrected chi connectivity index (χ0v) is 15.1. The van der Waals surface area contributed by atoms with Crippen LogP contribution in [0.2, 0.25) is 10.2 Å². The maximum atomic E-state index is 6.25. The van der Waals surface area contributed by atoms with Crippen LogP contribution in [0.4, 0.5) is 5.82 Å². The molecule has 0 atom stereocenters. The number of aryl methyl sites for hydroxylation is 1. The van der Waals surface area contributed by atoms with Crippen LogP contribution in [0.5, 0.6) is 0 Å². The van der Waals surface area contributed by atoms with E-state index in [9.17, 15) is 0 Å². The summed E-state index contributed by atoms with van der Waals surface area (Å²) in [7, 11) is 0. The van der Waals surface area contributed by atoms with Crippen molar-refractivity contribution in [2.75, 3.05) is 18.0 Å². The molecule has 122 valence electrons. The van der Waals surface area contributed by atoms with E-state index in [1.807, 2.05) is 19.2 Å². The van der Waals surface area contributed by atoms with Gasteiger partial charge < -0.3 is 4.90 Å². The molecular weight excluding hydrogens is 331 g/mol. The van der Waals surface area contributed by atoms with Crippen molar-refractivity contribution in [2.24, 2.45) is 5.41 Å². The van der Waals surface area contributed by atoms with E-state index in [1.165, 1.54) is 12.8 Å². The maximum absolute atomic E-state index is 6.25. The molecule has 0 spiro atoms. The van der Waals surface area contributed by atoms with Gasteiger partial charge in [-0.3, -0.25) is 4.98 Å². The Balaban J connectivity index is 1.88. The molecule has 0 aromatic carbocycles. The fraction of sp³-hybridized carbons (Fsp3) is 0.471. The van der Waals surface area contributed by atoms with E-state index in [1.54, 1.807) is 6.20 Å². The summed E-state index contributed by atoms with van der Waals surface area (Å²) in [6, 6.07) is 1.81. The van der Waals surface area contributed by atoms with E-state index < -0.39 is 0 Å². The largest absolute Gasteiger partial charge is 0.355 e. The smallest absolute Gasteiger partial charge is 0.148 e. The van der Waals surface area contributed by atoms with Gasteiger partial charge in [0.15, 0.2) is 0 Å². The number of hydrogen-bond acceptors (Lipinski definition) is 4. The summed E-state index contributed by atoms with van der Waals surface area (Å²) >= 11 is 12.2. The van der Waals surface area contributed by atoms with Crippen molar-refractivity contribution in [3.63, 3.8) is 0 Å². The van der Waals surface area contributed by atoms with Crippen molar-refractivity contribution < 1.29 is 0 Å². The van der Waals surface area contributed by atoms with E-state index in [2.05, 4.69) is 28.7 Å². The SMILES string of the molecule is Cc1nc(N2CCC(C)(C)CC2)cnc1-c1ccnc(Cl)c1Cl. The normalized spacial score (nSPS) is 17.3. The van der Waals surface area contributed by atoms with E-state index in [0.29, 0.717) is 10.4 Å². The molecule has 3 heterocycles. The predicted octanol–water partition coefficient (Wildman–Crippen LogP) is 4.78. The lowest BCUT2D eigenvalue weighted by Gasteiger charge is -2.37. The summed E-state index contributed by atoms with van der Waals surface area (Å²) in [5.74, 6) is 0.929. The molecule has 0 unspecified atom stereocenters. The number of hydrogen-bond donors (Lipinski definition) is 0. The molecule has 0 bridgehead atoms. The Morgan fingerprint density at radius 1 is 1.13 bits per heavy atom. The summed E-state index contributed by atoms with van der Waals surface area (Å²) in [4.78, 5) is 15.6. The molecule has 2 aromatic rings. The molecule has 0 radical (unpaired) electrons. The van der Waals surface area contributed by atoms with Gasteiger partial charge in [0.05, 0.1) is 22.6 Å². The minimum atomic E-state index is 0.285. The van der Waals surface area contributed by atoms with E-state index in [-0.39, 0.29) is 5.15 Å². The monoisotopic (exact) mass is 350 g/mol. The van der Waals surface area contributed by atoms with Gasteiger partial charge in [-0.05, 0) is 31.2 Å². The molecule has 0 saturated carbocycles. The molecule has 3 rings (SSSR count). The average Bonchev–Trinajstić information content (AvgIpc) is 2.50. The van der Waals surface area contributed by atoms with Gasteiger partial charge in [-0.1, -0.05) is 37.0 Å². The van der Waals surface area contributed by atoms with Gasteiger partial charge in [0.1, 0.15) is 11.0 Å². The zero-order chi connectivity index (χ0) is 16.6. The second kappa shape index (κ2) is 6.25. The molecule has 0 N–H and O–H groups in total. The van der Waals surface area contributed by atoms with E-state index in [4.69, 9.17) is 28.2 Å². The molecule has 0 amide bonds. The van der Waals surface area contributed by atoms with Gasteiger partial charge >= 0.3 is 0 Å². The number of piperidine rings is 1. The molecule has 6 heteroatoms. The second-order valence-corrected chi connectivity index (χ2v) is 7.51. The van der Waals surface area contributed by atoms with Gasteiger partial charge in [-0.25, -0.2) is 9.97 Å². The van der Waals surface area contributed by atoms with E-state index in [0.717, 1.165) is 35.9 Å². The van der Waals surface area contributed by atoms with Gasteiger partial charge in [0.25, 0.3) is 0 Å². The number of pyridine rings is 1. The second-order valence-electron chi connectivity index (χ2n) is 6.78. The van der Waals surface area contributed by atoms with Gasteiger partial charge in [-0.15, -0.1) is 0 Å². The average molecular weight is 351 g/mol. The first kappa shape index (κ1) is 16.5. The van der Waals surface area contributed by atoms with Gasteiger partial charge in [0.2, 0.25) is 0 Å². The van der Waals surface area contributed by atoms with Crippen molar-refractivity contribution in [3.8, 4) is 11.3 Å². The lowest BCUT2D eigenvalue weighted by Crippen LogP contribution is -2.37. The number of rotatable bonds is 2. The van der Waals surface area contributed by atoms with Crippen LogP contribution in [0.15, 0.2) is 18.5 Å². The highest BCUT2D eigenvalue weighted by molar-refractivity contribution is 6.42. The summed E-state index contributed by atoms with van der Waals surface area (Å²) in [5, 5.41) is 0.701. The van der Waals surface area contributed by atoms with Crippen LogP contribution in [-0.4, -0.2) is 28.0 Å². The molecule has 1 fully saturated rings. The fourth-order valence-corrected chi connectivity index (χ4v) is 3.19. The molecule has 4 nitrogen and oxygen atoms in total. The first-order valence-corrected chi connectivity index (χ1v) is 8.52. The lowest BCUT2D eigenvalue weighted by atomic mass is 9.83. The van der Waals surface area contributed by atoms with Crippen molar-refractivity contribution in [2.45, 2.75) is 33.6 Å². The standard InChI is InChI=1S/C17H20Cl2N4/c1-11-15(12-4-7-20-16(19)14(12)18)21-10-13(22-11)23-8-5-17(2,3)6-9-23/h4,7,10H,5-6,8-9H2,1-3H3. The Labute approximate surface area is 146 Å². The first-order chi connectivity index (χ1) is 10.9. The Morgan fingerprint density at radius 3 is 2.48 bits per heavy atom. The lowest BCUT2D eigenvalue weighted by molar-refractivity contribution is 0.279. The van der Waals surface area contributed by atoms with Crippen molar-refractivity contribution in [3.05, 3.63) is 34.3 Å². The van der Waals surface area contributed by atoms with Crippen LogP contribution in [0.25, 0.3) is 11.3 Å². The van der Waals surface area contributed by atoms with Crippen molar-refractivity contribution in [1.82, 2.24) is 15.0 Å². The van der Waals surface area contributed by atoms with Crippen LogP contribution < -0.4 is 4.90 Å². The van der Waals surface area contributed by atoms with Crippen LogP contribution >= 0.6 is 23.2 Å². The first-order valence-electron chi connectivity index (χ1n) is 7.76. The number of aromatic nitrogens is 3. The molecule has 2 aromatic heterocycles. The zero-order valence-electron chi connectivity index (χ0n) is 13.6. The molecular formula is C17H20Cl2N4. The summed E-state index contributed by atoms with van der Waals surface area (Å²) in [5.41, 5.74) is 2.78. The van der Waals surface area contributed by atoms with Crippen molar-refractivity contribution in [1.29, 1.82) is 0 Å². The van der Waals surface area contributed by atoms with Crippen molar-refractivity contribution >= 4 is 29.0 Å². The highest BCUT2D eigenvalue weighted by Gasteiger charge is 2.26. The Bertz CT molecular complexity index is 721. The molecule has 0 aliphatic carbocycles. The van der Waals surface area contributed by atoms with Crippen LogP contribution in [-0.2, 0) is 0 Å². The molecule has 1 saturated heterocycles. The summed E-state index contributed by atoms with van der Waals surface area (Å²) in [6.07, 6.45) is 5.79. The predicted molar refractivity (Wildman–Crippen MR) is 95.2 cm³/mol. The van der Waals surface area contributed by atoms with Gasteiger partial charge in [0, 0.05) is 24.8 Å². The third kappa shape index (κ3) is 3.43. The van der Waals surface area contributed by atoms with Gasteiger partial charge in [-0.2, -0.15) is 0 Å². The highest BCUT2D eigenvalue weighted by Crippen LogP contribution is 2.34. The Kier molecular flexibility index (Phi) is 4.47. The minimum Gasteiger partial charge on any atom is -0.355 e. The van der Waals surface area contributed by atoms with Crippen LogP contribution in [0.3, 0.4) is 0 Å². The quantitative estimate of drug-likeness (QED) is 0.730. The van der Waals surface area contributed by atoms with Crippen LogP contribution in [0.1, 0.15) is 32.4 Å². The third-order valence-corrected chi connectivity index (χ3v) is 5.24. The molecule has 23 heavy (non-hydrogen) atoms. The maximum Gasteiger partial charge on any atom is 0.148 e. The number of nitrogens with zero attached hydrogens (tertiary/aromatic N) is 4. The number of halogens is 2. The minimum absolute atomic E-state index is 0.285. The third-order valence-electron chi connectivity index (χ3n) is 4.48. The summed E-state index contributed by atoms with van der Waals surface area (Å²) in [6.45, 7) is 8.62. The molecule has 1 aliphatic heterocycles. The van der Waals surface area contributed by atoms with E-state index >= 15 is 0 Å². The summed E-state index contributed by atoms with van der Waals surface area (Å²) < 4.78 is 0. The Morgan fingerprint density at radius 2 is 1.83 bits per heavy atom. The highest BCUT2D eigenvalue weighted by atomic mass is 35.5.